The largest absolute Gasteiger partial charge is 0.458 e. The van der Waals surface area contributed by atoms with E-state index in [2.05, 4.69) is 19.6 Å². The van der Waals surface area contributed by atoms with Crippen LogP contribution in [-0.2, 0) is 26.9 Å². The number of ether oxygens (including phenoxy) is 2. The third kappa shape index (κ3) is 8.76. The summed E-state index contributed by atoms with van der Waals surface area (Å²) >= 11 is 0. The highest BCUT2D eigenvalue weighted by Crippen LogP contribution is 2.34. The standard InChI is InChI=1S/C21H30F5NO4Si/c1-20(2,3)31-18(28)16(27(4)19(29)30-8-9-32(5,6)7)12-13-10-14(22)17(15(23)11-13)21(24,25)26/h10-11,16H,8-9,12H2,1-7H3. The van der Waals surface area contributed by atoms with Crippen LogP contribution in [0.15, 0.2) is 12.1 Å². The van der Waals surface area contributed by atoms with Crippen LogP contribution in [0, 0.1) is 11.6 Å². The van der Waals surface area contributed by atoms with E-state index in [9.17, 15) is 31.5 Å². The molecule has 1 aromatic rings. The monoisotopic (exact) mass is 483 g/mol. The van der Waals surface area contributed by atoms with Crippen molar-refractivity contribution in [3.8, 4) is 0 Å². The number of esters is 1. The highest BCUT2D eigenvalue weighted by molar-refractivity contribution is 6.76. The van der Waals surface area contributed by atoms with E-state index in [-0.39, 0.29) is 12.2 Å². The molecule has 1 rings (SSSR count). The number of carbonyl (C=O) groups excluding carboxylic acids is 2. The second-order valence-corrected chi connectivity index (χ2v) is 15.3. The lowest BCUT2D eigenvalue weighted by molar-refractivity contribution is -0.160. The first-order chi connectivity index (χ1) is 14.3. The van der Waals surface area contributed by atoms with E-state index in [4.69, 9.17) is 9.47 Å². The van der Waals surface area contributed by atoms with Gasteiger partial charge in [0.2, 0.25) is 0 Å². The van der Waals surface area contributed by atoms with Gasteiger partial charge in [0.15, 0.2) is 0 Å². The lowest BCUT2D eigenvalue weighted by Crippen LogP contribution is -2.47. The summed E-state index contributed by atoms with van der Waals surface area (Å²) in [7, 11) is -0.244. The summed E-state index contributed by atoms with van der Waals surface area (Å²) in [6.07, 6.45) is -6.54. The fourth-order valence-electron chi connectivity index (χ4n) is 2.66. The Balaban J connectivity index is 3.17. The second kappa shape index (κ2) is 10.2. The topological polar surface area (TPSA) is 55.8 Å². The third-order valence-electron chi connectivity index (χ3n) is 4.33. The van der Waals surface area contributed by atoms with Crippen molar-refractivity contribution in [2.75, 3.05) is 13.7 Å². The van der Waals surface area contributed by atoms with Gasteiger partial charge in [-0.1, -0.05) is 19.6 Å². The molecule has 0 radical (unpaired) electrons. The molecule has 0 bridgehead atoms. The maximum absolute atomic E-state index is 14.0. The van der Waals surface area contributed by atoms with E-state index in [0.717, 1.165) is 4.90 Å². The molecule has 0 spiro atoms. The van der Waals surface area contributed by atoms with Crippen molar-refractivity contribution in [3.05, 3.63) is 34.9 Å². The molecule has 0 heterocycles. The highest BCUT2D eigenvalue weighted by atomic mass is 28.3. The van der Waals surface area contributed by atoms with Crippen LogP contribution >= 0.6 is 0 Å². The Morgan fingerprint density at radius 1 is 1.06 bits per heavy atom. The molecule has 1 amide bonds. The summed E-state index contributed by atoms with van der Waals surface area (Å²) in [4.78, 5) is 26.1. The van der Waals surface area contributed by atoms with Gasteiger partial charge in [-0.3, -0.25) is 4.90 Å². The molecule has 11 heteroatoms. The average molecular weight is 484 g/mol. The van der Waals surface area contributed by atoms with Crippen LogP contribution in [0.25, 0.3) is 0 Å². The Bertz CT molecular complexity index is 808. The first-order valence-corrected chi connectivity index (χ1v) is 13.7. The fourth-order valence-corrected chi connectivity index (χ4v) is 3.37. The number of alkyl halides is 3. The summed E-state index contributed by atoms with van der Waals surface area (Å²) in [6.45, 7) is 11.2. The van der Waals surface area contributed by atoms with Gasteiger partial charge in [-0.25, -0.2) is 18.4 Å². The molecule has 0 fully saturated rings. The molecule has 32 heavy (non-hydrogen) atoms. The number of hydrogen-bond donors (Lipinski definition) is 0. The predicted octanol–water partition coefficient (Wildman–Crippen LogP) is 5.64. The summed E-state index contributed by atoms with van der Waals surface area (Å²) in [5.74, 6) is -4.51. The van der Waals surface area contributed by atoms with Gasteiger partial charge in [-0.05, 0) is 44.5 Å². The van der Waals surface area contributed by atoms with Gasteiger partial charge >= 0.3 is 18.2 Å². The van der Waals surface area contributed by atoms with Crippen molar-refractivity contribution in [1.29, 1.82) is 0 Å². The minimum absolute atomic E-state index is 0.128. The quantitative estimate of drug-likeness (QED) is 0.286. The van der Waals surface area contributed by atoms with E-state index < -0.39 is 61.6 Å². The van der Waals surface area contributed by atoms with Crippen molar-refractivity contribution in [2.24, 2.45) is 0 Å². The minimum atomic E-state index is -5.21. The molecule has 0 aliphatic rings. The van der Waals surface area contributed by atoms with Gasteiger partial charge in [0.05, 0.1) is 6.61 Å². The van der Waals surface area contributed by atoms with Crippen molar-refractivity contribution < 1.29 is 41.0 Å². The molecule has 1 aromatic carbocycles. The van der Waals surface area contributed by atoms with Gasteiger partial charge in [-0.2, -0.15) is 13.2 Å². The lowest BCUT2D eigenvalue weighted by Gasteiger charge is -2.30. The summed E-state index contributed by atoms with van der Waals surface area (Å²) in [5.41, 5.74) is -3.20. The number of hydrogen-bond acceptors (Lipinski definition) is 4. The van der Waals surface area contributed by atoms with Crippen molar-refractivity contribution >= 4 is 20.1 Å². The number of amides is 1. The zero-order chi connectivity index (χ0) is 25.1. The number of benzene rings is 1. The molecular weight excluding hydrogens is 453 g/mol. The Morgan fingerprint density at radius 2 is 1.56 bits per heavy atom. The smallest absolute Gasteiger partial charge is 0.422 e. The van der Waals surface area contributed by atoms with E-state index in [1.807, 2.05) is 0 Å². The van der Waals surface area contributed by atoms with Crippen molar-refractivity contribution in [2.45, 2.75) is 70.7 Å². The average Bonchev–Trinajstić information content (AvgIpc) is 2.54. The zero-order valence-corrected chi connectivity index (χ0v) is 20.3. The molecule has 0 saturated heterocycles. The maximum atomic E-state index is 14.0. The molecule has 1 atom stereocenters. The first kappa shape index (κ1) is 27.9. The maximum Gasteiger partial charge on any atom is 0.422 e. The zero-order valence-electron chi connectivity index (χ0n) is 19.3. The Morgan fingerprint density at radius 3 is 1.97 bits per heavy atom. The van der Waals surface area contributed by atoms with Crippen LogP contribution in [0.5, 0.6) is 0 Å². The van der Waals surface area contributed by atoms with E-state index in [1.54, 1.807) is 20.8 Å². The normalized spacial score (nSPS) is 13.5. The Kier molecular flexibility index (Phi) is 8.86. The SMILES string of the molecule is CN(C(=O)OCC[Si](C)(C)C)C(Cc1cc(F)c(C(F)(F)F)c(F)c1)C(=O)OC(C)(C)C. The number of rotatable bonds is 7. The van der Waals surface area contributed by atoms with Gasteiger partial charge in [0.25, 0.3) is 0 Å². The van der Waals surface area contributed by atoms with Crippen LogP contribution in [0.4, 0.5) is 26.7 Å². The molecule has 182 valence electrons. The van der Waals surface area contributed by atoms with E-state index in [0.29, 0.717) is 18.2 Å². The van der Waals surface area contributed by atoms with Crippen molar-refractivity contribution in [3.63, 3.8) is 0 Å². The first-order valence-electron chi connectivity index (χ1n) is 9.99. The van der Waals surface area contributed by atoms with Crippen molar-refractivity contribution in [1.82, 2.24) is 4.90 Å². The lowest BCUT2D eigenvalue weighted by atomic mass is 10.0. The van der Waals surface area contributed by atoms with Gasteiger partial charge < -0.3 is 9.47 Å². The molecule has 0 aliphatic carbocycles. The predicted molar refractivity (Wildman–Crippen MR) is 112 cm³/mol. The summed E-state index contributed by atoms with van der Waals surface area (Å²) in [5, 5.41) is 0. The highest BCUT2D eigenvalue weighted by Gasteiger charge is 2.39. The Labute approximate surface area is 185 Å². The molecule has 5 nitrogen and oxygen atoms in total. The molecule has 1 unspecified atom stereocenters. The summed E-state index contributed by atoms with van der Waals surface area (Å²) < 4.78 is 77.0. The second-order valence-electron chi connectivity index (χ2n) is 9.72. The van der Waals surface area contributed by atoms with E-state index in [1.165, 1.54) is 7.05 Å². The van der Waals surface area contributed by atoms with Crippen LogP contribution in [0.1, 0.15) is 31.9 Å². The van der Waals surface area contributed by atoms with Gasteiger partial charge in [0, 0.05) is 21.5 Å². The minimum Gasteiger partial charge on any atom is -0.458 e. The molecular formula is C21H30F5NO4Si. The van der Waals surface area contributed by atoms with Crippen LogP contribution in [-0.4, -0.2) is 50.3 Å². The van der Waals surface area contributed by atoms with E-state index >= 15 is 0 Å². The third-order valence-corrected chi connectivity index (χ3v) is 6.03. The van der Waals surface area contributed by atoms with Crippen LogP contribution < -0.4 is 0 Å². The molecule has 0 aliphatic heterocycles. The van der Waals surface area contributed by atoms with Crippen LogP contribution in [0.3, 0.4) is 0 Å². The summed E-state index contributed by atoms with van der Waals surface area (Å²) in [6, 6.07) is 0.296. The fraction of sp³-hybridized carbons (Fsp3) is 0.619. The molecule has 0 saturated carbocycles. The number of likely N-dealkylation sites (N-methyl/N-ethyl adjacent to an activating group) is 1. The number of nitrogens with zero attached hydrogens (tertiary/aromatic N) is 1. The van der Waals surface area contributed by atoms with Gasteiger partial charge in [0.1, 0.15) is 28.8 Å². The molecule has 0 aromatic heterocycles. The Hall–Kier alpha value is -2.17. The number of halogens is 5. The van der Waals surface area contributed by atoms with Crippen LogP contribution in [0.2, 0.25) is 25.7 Å². The van der Waals surface area contributed by atoms with Gasteiger partial charge in [-0.15, -0.1) is 0 Å². The molecule has 0 N–H and O–H groups in total. The number of carbonyl (C=O) groups is 2.